The minimum atomic E-state index is -0.516. The van der Waals surface area contributed by atoms with Crippen LogP contribution in [0.25, 0.3) is 0 Å². The first-order valence-electron chi connectivity index (χ1n) is 4.49. The number of nitrogens with zero attached hydrogens (tertiary/aromatic N) is 2. The first kappa shape index (κ1) is 10.4. The van der Waals surface area contributed by atoms with Gasteiger partial charge in [0, 0.05) is 5.69 Å². The van der Waals surface area contributed by atoms with Crippen LogP contribution in [0.5, 0.6) is 0 Å². The summed E-state index contributed by atoms with van der Waals surface area (Å²) in [6.45, 7) is 0. The number of ether oxygens (including phenoxy) is 1. The van der Waals surface area contributed by atoms with Crippen LogP contribution < -0.4 is 5.69 Å². The maximum Gasteiger partial charge on any atom is 0.349 e. The van der Waals surface area contributed by atoms with E-state index in [1.54, 1.807) is 6.07 Å². The number of rotatable bonds is 1. The molecule has 1 aromatic heterocycles. The minimum absolute atomic E-state index is 0.389. The number of fused-ring (bicyclic) bond motifs is 1. The van der Waals surface area contributed by atoms with Gasteiger partial charge in [0.1, 0.15) is 10.6 Å². The summed E-state index contributed by atoms with van der Waals surface area (Å²) >= 11 is 3.15. The van der Waals surface area contributed by atoms with E-state index >= 15 is 0 Å². The lowest BCUT2D eigenvalue weighted by Crippen LogP contribution is -2.30. The van der Waals surface area contributed by atoms with Crippen molar-refractivity contribution in [3.05, 3.63) is 26.8 Å². The first-order chi connectivity index (χ1) is 7.13. The average molecular weight is 273 g/mol. The molecular formula is C9H9BrN2O3. The lowest BCUT2D eigenvalue weighted by Gasteiger charge is -2.10. The molecule has 1 aromatic rings. The van der Waals surface area contributed by atoms with Gasteiger partial charge in [-0.1, -0.05) is 0 Å². The van der Waals surface area contributed by atoms with Gasteiger partial charge in [-0.2, -0.15) is 4.98 Å². The van der Waals surface area contributed by atoms with Crippen molar-refractivity contribution < 1.29 is 9.53 Å². The van der Waals surface area contributed by atoms with Crippen molar-refractivity contribution >= 4 is 21.9 Å². The summed E-state index contributed by atoms with van der Waals surface area (Å²) in [6.07, 6.45) is 1.29. The maximum atomic E-state index is 11.6. The average Bonchev–Trinajstić information content (AvgIpc) is 2.60. The van der Waals surface area contributed by atoms with Gasteiger partial charge >= 0.3 is 11.7 Å². The fraction of sp³-hybridized carbons (Fsp3) is 0.444. The second-order valence-corrected chi connectivity index (χ2v) is 4.11. The first-order valence-corrected chi connectivity index (χ1v) is 5.28. The quantitative estimate of drug-likeness (QED) is 0.557. The SMILES string of the molecule is COC(=O)C1CCc2cc(Br)nc(=O)n21. The third-order valence-corrected chi connectivity index (χ3v) is 2.87. The molecule has 0 fully saturated rings. The van der Waals surface area contributed by atoms with E-state index in [1.807, 2.05) is 0 Å². The van der Waals surface area contributed by atoms with E-state index in [-0.39, 0.29) is 5.97 Å². The Hall–Kier alpha value is -1.17. The summed E-state index contributed by atoms with van der Waals surface area (Å²) < 4.78 is 6.54. The zero-order valence-electron chi connectivity index (χ0n) is 8.07. The molecule has 0 aliphatic carbocycles. The van der Waals surface area contributed by atoms with Gasteiger partial charge < -0.3 is 4.74 Å². The smallest absolute Gasteiger partial charge is 0.349 e. The molecular weight excluding hydrogens is 264 g/mol. The van der Waals surface area contributed by atoms with E-state index in [1.165, 1.54) is 11.7 Å². The van der Waals surface area contributed by atoms with E-state index in [0.717, 1.165) is 5.69 Å². The predicted octanol–water partition coefficient (Wildman–Crippen LogP) is 0.666. The number of halogens is 1. The zero-order valence-corrected chi connectivity index (χ0v) is 9.65. The number of carbonyl (C=O) groups excluding carboxylic acids is 1. The van der Waals surface area contributed by atoms with E-state index in [0.29, 0.717) is 17.4 Å². The van der Waals surface area contributed by atoms with Crippen molar-refractivity contribution in [2.45, 2.75) is 18.9 Å². The molecule has 0 saturated heterocycles. The third-order valence-electron chi connectivity index (χ3n) is 2.46. The largest absolute Gasteiger partial charge is 0.467 e. The van der Waals surface area contributed by atoms with E-state index < -0.39 is 11.7 Å². The van der Waals surface area contributed by atoms with Crippen molar-refractivity contribution in [2.24, 2.45) is 0 Å². The van der Waals surface area contributed by atoms with Crippen LogP contribution in [0.3, 0.4) is 0 Å². The van der Waals surface area contributed by atoms with Crippen LogP contribution in [0, 0.1) is 0 Å². The van der Waals surface area contributed by atoms with Crippen molar-refractivity contribution in [2.75, 3.05) is 7.11 Å². The highest BCUT2D eigenvalue weighted by atomic mass is 79.9. The van der Waals surface area contributed by atoms with Crippen LogP contribution in [0.4, 0.5) is 0 Å². The van der Waals surface area contributed by atoms with Gasteiger partial charge in [0.05, 0.1) is 7.11 Å². The lowest BCUT2D eigenvalue weighted by atomic mass is 10.2. The van der Waals surface area contributed by atoms with Crippen molar-refractivity contribution in [3.8, 4) is 0 Å². The highest BCUT2D eigenvalue weighted by molar-refractivity contribution is 9.10. The molecule has 6 heteroatoms. The van der Waals surface area contributed by atoms with Crippen molar-refractivity contribution in [3.63, 3.8) is 0 Å². The fourth-order valence-electron chi connectivity index (χ4n) is 1.81. The Morgan fingerprint density at radius 3 is 3.13 bits per heavy atom. The second-order valence-electron chi connectivity index (χ2n) is 3.30. The molecule has 5 nitrogen and oxygen atoms in total. The van der Waals surface area contributed by atoms with Crippen LogP contribution in [-0.2, 0) is 16.0 Å². The van der Waals surface area contributed by atoms with Crippen LogP contribution in [0.2, 0.25) is 0 Å². The van der Waals surface area contributed by atoms with Gasteiger partial charge in [-0.15, -0.1) is 0 Å². The van der Waals surface area contributed by atoms with Crippen molar-refractivity contribution in [1.82, 2.24) is 9.55 Å². The molecule has 1 atom stereocenters. The Kier molecular flexibility index (Phi) is 2.60. The third kappa shape index (κ3) is 1.69. The summed E-state index contributed by atoms with van der Waals surface area (Å²) in [5.74, 6) is -0.389. The van der Waals surface area contributed by atoms with Crippen LogP contribution in [-0.4, -0.2) is 22.6 Å². The number of aromatic nitrogens is 2. The molecule has 2 heterocycles. The summed E-state index contributed by atoms with van der Waals surface area (Å²) in [5.41, 5.74) is 0.407. The number of methoxy groups -OCH3 is 1. The van der Waals surface area contributed by atoms with Crippen LogP contribution in [0.15, 0.2) is 15.5 Å². The highest BCUT2D eigenvalue weighted by Gasteiger charge is 2.30. The monoisotopic (exact) mass is 272 g/mol. The van der Waals surface area contributed by atoms with Crippen LogP contribution in [0.1, 0.15) is 18.2 Å². The van der Waals surface area contributed by atoms with Gasteiger partial charge in [0.2, 0.25) is 0 Å². The number of aryl methyl sites for hydroxylation is 1. The maximum absolute atomic E-state index is 11.6. The molecule has 2 rings (SSSR count). The Morgan fingerprint density at radius 2 is 2.47 bits per heavy atom. The highest BCUT2D eigenvalue weighted by Crippen LogP contribution is 2.25. The molecule has 0 radical (unpaired) electrons. The minimum Gasteiger partial charge on any atom is -0.467 e. The number of esters is 1. The molecule has 0 amide bonds. The van der Waals surface area contributed by atoms with Gasteiger partial charge in [-0.05, 0) is 34.8 Å². The summed E-state index contributed by atoms with van der Waals surface area (Å²) in [5, 5.41) is 0. The topological polar surface area (TPSA) is 61.2 Å². The van der Waals surface area contributed by atoms with Gasteiger partial charge in [0.25, 0.3) is 0 Å². The normalized spacial score (nSPS) is 18.7. The fourth-order valence-corrected chi connectivity index (χ4v) is 2.22. The second kappa shape index (κ2) is 3.77. The van der Waals surface area contributed by atoms with Gasteiger partial charge in [-0.3, -0.25) is 4.57 Å². The molecule has 0 aromatic carbocycles. The lowest BCUT2D eigenvalue weighted by molar-refractivity contribution is -0.144. The summed E-state index contributed by atoms with van der Waals surface area (Å²) in [7, 11) is 1.32. The molecule has 0 bridgehead atoms. The molecule has 1 unspecified atom stereocenters. The molecule has 15 heavy (non-hydrogen) atoms. The predicted molar refractivity (Wildman–Crippen MR) is 55.6 cm³/mol. The Bertz CT molecular complexity index is 469. The molecule has 0 N–H and O–H groups in total. The molecule has 80 valence electrons. The van der Waals surface area contributed by atoms with Crippen LogP contribution >= 0.6 is 15.9 Å². The summed E-state index contributed by atoms with van der Waals surface area (Å²) in [4.78, 5) is 26.7. The number of hydrogen-bond donors (Lipinski definition) is 0. The standard InChI is InChI=1S/C9H9BrN2O3/c1-15-8(13)6-3-2-5-4-7(10)11-9(14)12(5)6/h4,6H,2-3H2,1H3. The number of carbonyl (C=O) groups is 1. The van der Waals surface area contributed by atoms with Crippen molar-refractivity contribution in [1.29, 1.82) is 0 Å². The Balaban J connectivity index is 2.51. The molecule has 1 aliphatic heterocycles. The zero-order chi connectivity index (χ0) is 11.0. The summed E-state index contributed by atoms with van der Waals surface area (Å²) in [6, 6.07) is 1.24. The van der Waals surface area contributed by atoms with E-state index in [4.69, 9.17) is 0 Å². The van der Waals surface area contributed by atoms with Gasteiger partial charge in [-0.25, -0.2) is 9.59 Å². The molecule has 0 spiro atoms. The number of hydrogen-bond acceptors (Lipinski definition) is 4. The molecule has 1 aliphatic rings. The Morgan fingerprint density at radius 1 is 1.73 bits per heavy atom. The van der Waals surface area contributed by atoms with Gasteiger partial charge in [0.15, 0.2) is 0 Å². The van der Waals surface area contributed by atoms with E-state index in [2.05, 4.69) is 25.7 Å². The molecule has 0 saturated carbocycles. The van der Waals surface area contributed by atoms with E-state index in [9.17, 15) is 9.59 Å². The Labute approximate surface area is 94.2 Å².